The first kappa shape index (κ1) is 14.8. The van der Waals surface area contributed by atoms with E-state index in [-0.39, 0.29) is 0 Å². The van der Waals surface area contributed by atoms with Crippen LogP contribution < -0.4 is 10.6 Å². The monoisotopic (exact) mass is 261 g/mol. The third-order valence-electron chi connectivity index (χ3n) is 2.38. The van der Waals surface area contributed by atoms with Crippen molar-refractivity contribution in [3.8, 4) is 0 Å². The fraction of sp³-hybridized carbons (Fsp3) is 0.583. The molecule has 0 radical (unpaired) electrons. The van der Waals surface area contributed by atoms with Crippen molar-refractivity contribution in [2.45, 2.75) is 32.5 Å². The van der Waals surface area contributed by atoms with E-state index in [0.29, 0.717) is 13.1 Å². The van der Waals surface area contributed by atoms with E-state index >= 15 is 0 Å². The molecule has 1 atom stereocenters. The quantitative estimate of drug-likeness (QED) is 0.773. The lowest BCUT2D eigenvalue weighted by Crippen LogP contribution is -2.34. The molecule has 0 unspecified atom stereocenters. The van der Waals surface area contributed by atoms with E-state index in [9.17, 15) is 13.2 Å². The fourth-order valence-corrected chi connectivity index (χ4v) is 1.56. The molecule has 3 nitrogen and oxygen atoms in total. The highest BCUT2D eigenvalue weighted by molar-refractivity contribution is 5.36. The largest absolute Gasteiger partial charge is 0.390 e. The van der Waals surface area contributed by atoms with Gasteiger partial charge >= 0.3 is 6.18 Å². The van der Waals surface area contributed by atoms with E-state index in [2.05, 4.69) is 15.6 Å². The second kappa shape index (κ2) is 6.58. The summed E-state index contributed by atoms with van der Waals surface area (Å²) in [5, 5.41) is 5.86. The minimum absolute atomic E-state index is 0.465. The van der Waals surface area contributed by atoms with Crippen LogP contribution in [-0.4, -0.2) is 30.3 Å². The zero-order chi connectivity index (χ0) is 13.6. The third-order valence-corrected chi connectivity index (χ3v) is 2.38. The van der Waals surface area contributed by atoms with Gasteiger partial charge in [0.15, 0.2) is 0 Å². The van der Waals surface area contributed by atoms with Gasteiger partial charge in [-0.05, 0) is 31.5 Å². The molecule has 1 rings (SSSR count). The average molecular weight is 261 g/mol. The Hall–Kier alpha value is -1.30. The number of hydrogen-bond acceptors (Lipinski definition) is 3. The van der Waals surface area contributed by atoms with E-state index in [1.807, 2.05) is 19.1 Å². The van der Waals surface area contributed by atoms with Crippen molar-refractivity contribution in [1.82, 2.24) is 10.3 Å². The number of aromatic nitrogens is 1. The van der Waals surface area contributed by atoms with Crippen LogP contribution in [0.1, 0.15) is 18.9 Å². The van der Waals surface area contributed by atoms with Gasteiger partial charge in [-0.15, -0.1) is 0 Å². The lowest BCUT2D eigenvalue weighted by Gasteiger charge is -2.16. The van der Waals surface area contributed by atoms with Crippen molar-refractivity contribution in [2.24, 2.45) is 0 Å². The van der Waals surface area contributed by atoms with E-state index in [1.54, 1.807) is 6.20 Å². The molecule has 0 spiro atoms. The van der Waals surface area contributed by atoms with E-state index in [4.69, 9.17) is 0 Å². The van der Waals surface area contributed by atoms with Crippen molar-refractivity contribution in [2.75, 3.05) is 18.4 Å². The lowest BCUT2D eigenvalue weighted by atomic mass is 10.2. The minimum Gasteiger partial charge on any atom is -0.369 e. The Balaban J connectivity index is 2.19. The molecule has 0 aliphatic rings. The molecular weight excluding hydrogens is 243 g/mol. The van der Waals surface area contributed by atoms with Crippen molar-refractivity contribution < 1.29 is 13.2 Å². The molecule has 18 heavy (non-hydrogen) atoms. The Morgan fingerprint density at radius 2 is 2.06 bits per heavy atom. The molecule has 0 saturated heterocycles. The van der Waals surface area contributed by atoms with Crippen LogP contribution in [0.2, 0.25) is 0 Å². The zero-order valence-electron chi connectivity index (χ0n) is 10.5. The summed E-state index contributed by atoms with van der Waals surface area (Å²) in [6, 6.07) is 3.20. The van der Waals surface area contributed by atoms with Gasteiger partial charge in [0.1, 0.15) is 5.82 Å². The number of rotatable bonds is 6. The Morgan fingerprint density at radius 3 is 2.67 bits per heavy atom. The molecular formula is C12H18F3N3. The molecule has 2 N–H and O–H groups in total. The van der Waals surface area contributed by atoms with E-state index < -0.39 is 18.6 Å². The zero-order valence-corrected chi connectivity index (χ0v) is 10.5. The summed E-state index contributed by atoms with van der Waals surface area (Å²) in [6.07, 6.45) is -3.23. The van der Waals surface area contributed by atoms with Gasteiger partial charge in [-0.1, -0.05) is 0 Å². The first-order chi connectivity index (χ1) is 8.37. The van der Waals surface area contributed by atoms with Gasteiger partial charge in [-0.25, -0.2) is 4.98 Å². The predicted molar refractivity (Wildman–Crippen MR) is 65.6 cm³/mol. The van der Waals surface area contributed by atoms with Gasteiger partial charge in [0, 0.05) is 25.3 Å². The topological polar surface area (TPSA) is 37.0 Å². The maximum absolute atomic E-state index is 12.1. The van der Waals surface area contributed by atoms with Crippen LogP contribution in [0.25, 0.3) is 0 Å². The number of nitrogens with one attached hydrogen (secondary N) is 2. The molecule has 1 aromatic heterocycles. The highest BCUT2D eigenvalue weighted by Crippen LogP contribution is 2.21. The van der Waals surface area contributed by atoms with Gasteiger partial charge in [-0.3, -0.25) is 0 Å². The third kappa shape index (κ3) is 6.44. The molecule has 0 amide bonds. The number of aryl methyl sites for hydroxylation is 1. The average Bonchev–Trinajstić information content (AvgIpc) is 2.22. The second-order valence-corrected chi connectivity index (χ2v) is 4.32. The standard InChI is InChI=1S/C12H18F3N3/c1-9-3-4-17-11(7-9)18-6-5-16-10(2)8-12(13,14)15/h3-4,7,10,16H,5-6,8H2,1-2H3,(H,17,18)/t10-/m0/s1. The highest BCUT2D eigenvalue weighted by atomic mass is 19.4. The molecule has 0 saturated carbocycles. The van der Waals surface area contributed by atoms with Crippen molar-refractivity contribution >= 4 is 5.82 Å². The molecule has 1 aromatic rings. The normalized spacial score (nSPS) is 13.4. The van der Waals surface area contributed by atoms with Crippen molar-refractivity contribution in [3.63, 3.8) is 0 Å². The van der Waals surface area contributed by atoms with Gasteiger partial charge in [-0.2, -0.15) is 13.2 Å². The lowest BCUT2D eigenvalue weighted by molar-refractivity contribution is -0.138. The van der Waals surface area contributed by atoms with Crippen molar-refractivity contribution in [3.05, 3.63) is 23.9 Å². The van der Waals surface area contributed by atoms with Gasteiger partial charge < -0.3 is 10.6 Å². The summed E-state index contributed by atoms with van der Waals surface area (Å²) in [4.78, 5) is 4.10. The number of nitrogens with zero attached hydrogens (tertiary/aromatic N) is 1. The molecule has 1 heterocycles. The van der Waals surface area contributed by atoms with E-state index in [1.165, 1.54) is 6.92 Å². The molecule has 0 fully saturated rings. The summed E-state index contributed by atoms with van der Waals surface area (Å²) in [5.74, 6) is 0.736. The SMILES string of the molecule is Cc1ccnc(NCCN[C@@H](C)CC(F)(F)F)c1. The Bertz CT molecular complexity index is 366. The van der Waals surface area contributed by atoms with Crippen LogP contribution in [0.5, 0.6) is 0 Å². The maximum atomic E-state index is 12.1. The van der Waals surface area contributed by atoms with Crippen LogP contribution in [0.15, 0.2) is 18.3 Å². The first-order valence-corrected chi connectivity index (χ1v) is 5.83. The van der Waals surface area contributed by atoms with Crippen LogP contribution >= 0.6 is 0 Å². The summed E-state index contributed by atoms with van der Waals surface area (Å²) in [6.45, 7) is 4.49. The van der Waals surface area contributed by atoms with Crippen LogP contribution in [0.3, 0.4) is 0 Å². The fourth-order valence-electron chi connectivity index (χ4n) is 1.56. The van der Waals surface area contributed by atoms with Crippen molar-refractivity contribution in [1.29, 1.82) is 0 Å². The number of hydrogen-bond donors (Lipinski definition) is 2. The van der Waals surface area contributed by atoms with Crippen LogP contribution in [0.4, 0.5) is 19.0 Å². The van der Waals surface area contributed by atoms with Gasteiger partial charge in [0.05, 0.1) is 6.42 Å². The summed E-state index contributed by atoms with van der Waals surface area (Å²) in [5.41, 5.74) is 1.09. The summed E-state index contributed by atoms with van der Waals surface area (Å²) >= 11 is 0. The predicted octanol–water partition coefficient (Wildman–Crippen LogP) is 2.73. The molecule has 0 aromatic carbocycles. The molecule has 6 heteroatoms. The summed E-state index contributed by atoms with van der Waals surface area (Å²) in [7, 11) is 0. The van der Waals surface area contributed by atoms with E-state index in [0.717, 1.165) is 11.4 Å². The summed E-state index contributed by atoms with van der Waals surface area (Å²) < 4.78 is 36.2. The molecule has 0 aliphatic heterocycles. The molecule has 0 aliphatic carbocycles. The number of anilines is 1. The van der Waals surface area contributed by atoms with Gasteiger partial charge in [0.25, 0.3) is 0 Å². The second-order valence-electron chi connectivity index (χ2n) is 4.32. The molecule has 102 valence electrons. The smallest absolute Gasteiger partial charge is 0.369 e. The molecule has 0 bridgehead atoms. The first-order valence-electron chi connectivity index (χ1n) is 5.83. The number of alkyl halides is 3. The number of halogens is 3. The Labute approximate surface area is 105 Å². The van der Waals surface area contributed by atoms with Crippen LogP contribution in [-0.2, 0) is 0 Å². The number of pyridine rings is 1. The Kier molecular flexibility index (Phi) is 5.40. The van der Waals surface area contributed by atoms with Crippen LogP contribution in [0, 0.1) is 6.92 Å². The Morgan fingerprint density at radius 1 is 1.33 bits per heavy atom. The maximum Gasteiger partial charge on any atom is 0.390 e. The van der Waals surface area contributed by atoms with Gasteiger partial charge in [0.2, 0.25) is 0 Å². The minimum atomic E-state index is -4.11. The highest BCUT2D eigenvalue weighted by Gasteiger charge is 2.29.